The quantitative estimate of drug-likeness (QED) is 0.746. The number of nitrogens with zero attached hydrogens (tertiary/aromatic N) is 1. The molecular formula is C16H34N2. The van der Waals surface area contributed by atoms with Gasteiger partial charge in [0.05, 0.1) is 0 Å². The molecule has 108 valence electrons. The maximum atomic E-state index is 3.82. The van der Waals surface area contributed by atoms with E-state index in [0.29, 0.717) is 5.54 Å². The third kappa shape index (κ3) is 4.24. The monoisotopic (exact) mass is 254 g/mol. The van der Waals surface area contributed by atoms with Crippen LogP contribution in [-0.2, 0) is 0 Å². The fourth-order valence-electron chi connectivity index (χ4n) is 3.13. The molecule has 0 saturated carbocycles. The minimum atomic E-state index is 0.378. The van der Waals surface area contributed by atoms with Gasteiger partial charge in [-0.15, -0.1) is 0 Å². The molecule has 0 spiro atoms. The summed E-state index contributed by atoms with van der Waals surface area (Å²) in [4.78, 5) is 2.76. The summed E-state index contributed by atoms with van der Waals surface area (Å²) in [5, 5.41) is 3.82. The molecule has 0 bridgehead atoms. The summed E-state index contributed by atoms with van der Waals surface area (Å²) < 4.78 is 0. The minimum absolute atomic E-state index is 0.378. The lowest BCUT2D eigenvalue weighted by molar-refractivity contribution is 0.0684. The van der Waals surface area contributed by atoms with Crippen molar-refractivity contribution in [3.8, 4) is 0 Å². The summed E-state index contributed by atoms with van der Waals surface area (Å²) in [5.74, 6) is 0.843. The zero-order chi connectivity index (χ0) is 13.6. The van der Waals surface area contributed by atoms with Crippen LogP contribution >= 0.6 is 0 Å². The normalized spacial score (nSPS) is 24.7. The first kappa shape index (κ1) is 16.0. The number of hydrogen-bond donors (Lipinski definition) is 1. The average Bonchev–Trinajstić information content (AvgIpc) is 2.38. The van der Waals surface area contributed by atoms with E-state index < -0.39 is 0 Å². The Morgan fingerprint density at radius 2 is 1.89 bits per heavy atom. The molecule has 0 aliphatic carbocycles. The molecule has 1 fully saturated rings. The van der Waals surface area contributed by atoms with Gasteiger partial charge in [-0.05, 0) is 44.6 Å². The van der Waals surface area contributed by atoms with E-state index in [-0.39, 0.29) is 0 Å². The van der Waals surface area contributed by atoms with E-state index >= 15 is 0 Å². The van der Waals surface area contributed by atoms with Crippen LogP contribution in [0.2, 0.25) is 0 Å². The predicted molar refractivity (Wildman–Crippen MR) is 81.0 cm³/mol. The van der Waals surface area contributed by atoms with Gasteiger partial charge in [0.15, 0.2) is 0 Å². The smallest absolute Gasteiger partial charge is 0.0304 e. The van der Waals surface area contributed by atoms with Crippen molar-refractivity contribution in [2.75, 3.05) is 19.6 Å². The Balaban J connectivity index is 2.53. The fraction of sp³-hybridized carbons (Fsp3) is 1.00. The molecule has 0 radical (unpaired) electrons. The number of hydrogen-bond acceptors (Lipinski definition) is 2. The van der Waals surface area contributed by atoms with E-state index in [2.05, 4.69) is 44.8 Å². The Morgan fingerprint density at radius 1 is 1.22 bits per heavy atom. The SMILES string of the molecule is CCC1CNC(CC)(CC)CN1CCCC(C)C. The molecule has 2 heteroatoms. The van der Waals surface area contributed by atoms with Crippen molar-refractivity contribution in [3.05, 3.63) is 0 Å². The Kier molecular flexibility index (Phi) is 6.65. The minimum Gasteiger partial charge on any atom is -0.308 e. The van der Waals surface area contributed by atoms with Crippen molar-refractivity contribution in [2.45, 2.75) is 78.3 Å². The van der Waals surface area contributed by atoms with Crippen LogP contribution in [0.3, 0.4) is 0 Å². The Morgan fingerprint density at radius 3 is 2.39 bits per heavy atom. The number of nitrogens with one attached hydrogen (secondary N) is 1. The molecule has 1 unspecified atom stereocenters. The number of rotatable bonds is 7. The Bertz CT molecular complexity index is 221. The van der Waals surface area contributed by atoms with Crippen LogP contribution in [0.15, 0.2) is 0 Å². The summed E-state index contributed by atoms with van der Waals surface area (Å²) >= 11 is 0. The zero-order valence-electron chi connectivity index (χ0n) is 13.3. The van der Waals surface area contributed by atoms with Crippen LogP contribution in [0, 0.1) is 5.92 Å². The van der Waals surface area contributed by atoms with Gasteiger partial charge in [-0.1, -0.05) is 34.6 Å². The van der Waals surface area contributed by atoms with Gasteiger partial charge in [0, 0.05) is 24.7 Å². The van der Waals surface area contributed by atoms with Crippen molar-refractivity contribution in [1.82, 2.24) is 10.2 Å². The molecule has 0 aromatic heterocycles. The van der Waals surface area contributed by atoms with Crippen molar-refractivity contribution >= 4 is 0 Å². The Labute approximate surface area is 115 Å². The summed E-state index contributed by atoms with van der Waals surface area (Å²) in [7, 11) is 0. The largest absolute Gasteiger partial charge is 0.308 e. The fourth-order valence-corrected chi connectivity index (χ4v) is 3.13. The van der Waals surface area contributed by atoms with Gasteiger partial charge in [0.25, 0.3) is 0 Å². The van der Waals surface area contributed by atoms with Crippen LogP contribution in [0.25, 0.3) is 0 Å². The molecule has 1 atom stereocenters. The molecule has 1 heterocycles. The van der Waals surface area contributed by atoms with Crippen LogP contribution < -0.4 is 5.32 Å². The highest BCUT2D eigenvalue weighted by Gasteiger charge is 2.35. The molecule has 1 saturated heterocycles. The first-order chi connectivity index (χ1) is 8.56. The second-order valence-corrected chi connectivity index (χ2v) is 6.44. The van der Waals surface area contributed by atoms with E-state index in [1.165, 1.54) is 51.7 Å². The van der Waals surface area contributed by atoms with Gasteiger partial charge in [-0.3, -0.25) is 4.90 Å². The van der Waals surface area contributed by atoms with Crippen LogP contribution in [0.5, 0.6) is 0 Å². The van der Waals surface area contributed by atoms with E-state index in [1.807, 2.05) is 0 Å². The van der Waals surface area contributed by atoms with E-state index in [0.717, 1.165) is 12.0 Å². The predicted octanol–water partition coefficient (Wildman–Crippen LogP) is 3.67. The summed E-state index contributed by atoms with van der Waals surface area (Å²) in [6.45, 7) is 15.4. The van der Waals surface area contributed by atoms with Crippen LogP contribution in [-0.4, -0.2) is 36.1 Å². The van der Waals surface area contributed by atoms with Crippen LogP contribution in [0.1, 0.15) is 66.7 Å². The lowest BCUT2D eigenvalue weighted by Gasteiger charge is -2.47. The molecule has 0 aromatic carbocycles. The molecular weight excluding hydrogens is 220 g/mol. The van der Waals surface area contributed by atoms with Gasteiger partial charge in [0.1, 0.15) is 0 Å². The van der Waals surface area contributed by atoms with Gasteiger partial charge >= 0.3 is 0 Å². The third-order valence-corrected chi connectivity index (χ3v) is 4.79. The molecule has 1 rings (SSSR count). The summed E-state index contributed by atoms with van der Waals surface area (Å²) in [5.41, 5.74) is 0.378. The molecule has 0 amide bonds. The highest BCUT2D eigenvalue weighted by Crippen LogP contribution is 2.24. The maximum absolute atomic E-state index is 3.82. The van der Waals surface area contributed by atoms with Crippen molar-refractivity contribution in [2.24, 2.45) is 5.92 Å². The van der Waals surface area contributed by atoms with Gasteiger partial charge in [-0.2, -0.15) is 0 Å². The standard InChI is InChI=1S/C16H34N2/c1-6-15-12-17-16(7-2,8-3)13-18(15)11-9-10-14(4)5/h14-15,17H,6-13H2,1-5H3. The molecule has 1 aliphatic rings. The topological polar surface area (TPSA) is 15.3 Å². The molecule has 18 heavy (non-hydrogen) atoms. The first-order valence-electron chi connectivity index (χ1n) is 8.06. The van der Waals surface area contributed by atoms with Gasteiger partial charge in [-0.25, -0.2) is 0 Å². The Hall–Kier alpha value is -0.0800. The highest BCUT2D eigenvalue weighted by molar-refractivity contribution is 4.96. The summed E-state index contributed by atoms with van der Waals surface area (Å²) in [6, 6.07) is 0.753. The lowest BCUT2D eigenvalue weighted by atomic mass is 9.88. The lowest BCUT2D eigenvalue weighted by Crippen LogP contribution is -2.63. The maximum Gasteiger partial charge on any atom is 0.0304 e. The number of piperazine rings is 1. The van der Waals surface area contributed by atoms with Gasteiger partial charge < -0.3 is 5.32 Å². The van der Waals surface area contributed by atoms with Crippen molar-refractivity contribution in [1.29, 1.82) is 0 Å². The molecule has 1 aliphatic heterocycles. The second-order valence-electron chi connectivity index (χ2n) is 6.44. The van der Waals surface area contributed by atoms with E-state index in [1.54, 1.807) is 0 Å². The second kappa shape index (κ2) is 7.49. The first-order valence-corrected chi connectivity index (χ1v) is 8.06. The average molecular weight is 254 g/mol. The van der Waals surface area contributed by atoms with Gasteiger partial charge in [0.2, 0.25) is 0 Å². The molecule has 2 nitrogen and oxygen atoms in total. The highest BCUT2D eigenvalue weighted by atomic mass is 15.2. The van der Waals surface area contributed by atoms with E-state index in [4.69, 9.17) is 0 Å². The van der Waals surface area contributed by atoms with Crippen molar-refractivity contribution < 1.29 is 0 Å². The molecule has 0 aromatic rings. The van der Waals surface area contributed by atoms with Crippen LogP contribution in [0.4, 0.5) is 0 Å². The van der Waals surface area contributed by atoms with E-state index in [9.17, 15) is 0 Å². The molecule has 1 N–H and O–H groups in total. The summed E-state index contributed by atoms with van der Waals surface area (Å²) in [6.07, 6.45) is 6.50. The van der Waals surface area contributed by atoms with Crippen molar-refractivity contribution in [3.63, 3.8) is 0 Å². The zero-order valence-corrected chi connectivity index (χ0v) is 13.3. The third-order valence-electron chi connectivity index (χ3n) is 4.79.